The molecule has 2 aromatic carbocycles. The fraction of sp³-hybridized carbons (Fsp3) is 0.417. The fourth-order valence-corrected chi connectivity index (χ4v) is 3.62. The van der Waals surface area contributed by atoms with Gasteiger partial charge in [0.25, 0.3) is 0 Å². The van der Waals surface area contributed by atoms with E-state index in [4.69, 9.17) is 9.47 Å². The number of carboxylic acid groups (broad SMARTS) is 1. The van der Waals surface area contributed by atoms with Crippen LogP contribution in [0.25, 0.3) is 11.1 Å². The molecule has 0 aromatic heterocycles. The van der Waals surface area contributed by atoms with Crippen LogP contribution in [0.1, 0.15) is 70.0 Å². The maximum absolute atomic E-state index is 12.6. The first-order chi connectivity index (χ1) is 13.4. The average molecular weight is 398 g/mol. The van der Waals surface area contributed by atoms with E-state index in [1.807, 2.05) is 39.0 Å². The number of carbonyl (C=O) groups excluding carboxylic acids is 1. The van der Waals surface area contributed by atoms with Crippen molar-refractivity contribution in [3.8, 4) is 16.9 Å². The van der Waals surface area contributed by atoms with Gasteiger partial charge in [-0.2, -0.15) is 0 Å². The SMILES string of the molecule is CCOC(=O)c1ccccc1-c1ccc(OC(=O)O)c(C(C)(C)C)c1C(C)(C)C. The van der Waals surface area contributed by atoms with E-state index in [2.05, 4.69) is 20.8 Å². The molecule has 0 spiro atoms. The van der Waals surface area contributed by atoms with Gasteiger partial charge in [0.05, 0.1) is 12.2 Å². The molecule has 0 aliphatic heterocycles. The fourth-order valence-electron chi connectivity index (χ4n) is 3.62. The Kier molecular flexibility index (Phi) is 6.41. The Morgan fingerprint density at radius 2 is 1.45 bits per heavy atom. The third kappa shape index (κ3) is 4.97. The van der Waals surface area contributed by atoms with Gasteiger partial charge in [-0.25, -0.2) is 9.59 Å². The molecule has 0 heterocycles. The maximum Gasteiger partial charge on any atom is 0.511 e. The van der Waals surface area contributed by atoms with E-state index in [1.165, 1.54) is 0 Å². The quantitative estimate of drug-likeness (QED) is 0.491. The Bertz CT molecular complexity index is 914. The van der Waals surface area contributed by atoms with E-state index in [0.29, 0.717) is 11.3 Å². The second-order valence-electron chi connectivity index (χ2n) is 9.00. The Balaban J connectivity index is 2.92. The first-order valence-corrected chi connectivity index (χ1v) is 9.73. The highest BCUT2D eigenvalue weighted by Gasteiger charge is 2.33. The highest BCUT2D eigenvalue weighted by molar-refractivity contribution is 5.98. The Morgan fingerprint density at radius 1 is 0.862 bits per heavy atom. The number of rotatable bonds is 4. The molecule has 1 N–H and O–H groups in total. The standard InChI is InChI=1S/C24H30O5/c1-8-28-21(25)17-12-10-9-11-15(17)16-13-14-18(29-22(26)27)20(24(5,6)7)19(16)23(2,3)4/h9-14H,8H2,1-7H3,(H,26,27). The van der Waals surface area contributed by atoms with Crippen molar-refractivity contribution in [1.82, 2.24) is 0 Å². The predicted molar refractivity (Wildman–Crippen MR) is 114 cm³/mol. The second-order valence-corrected chi connectivity index (χ2v) is 9.00. The molecular weight excluding hydrogens is 368 g/mol. The smallest absolute Gasteiger partial charge is 0.462 e. The summed E-state index contributed by atoms with van der Waals surface area (Å²) in [4.78, 5) is 23.9. The summed E-state index contributed by atoms with van der Waals surface area (Å²) >= 11 is 0. The van der Waals surface area contributed by atoms with Crippen molar-refractivity contribution >= 4 is 12.1 Å². The second kappa shape index (κ2) is 8.27. The maximum atomic E-state index is 12.6. The lowest BCUT2D eigenvalue weighted by Gasteiger charge is -2.34. The van der Waals surface area contributed by atoms with E-state index in [9.17, 15) is 14.7 Å². The summed E-state index contributed by atoms with van der Waals surface area (Å²) in [5.74, 6) is -0.0709. The normalized spacial score (nSPS) is 11.8. The highest BCUT2D eigenvalue weighted by atomic mass is 16.7. The van der Waals surface area contributed by atoms with Gasteiger partial charge in [-0.3, -0.25) is 0 Å². The molecule has 0 saturated carbocycles. The molecule has 29 heavy (non-hydrogen) atoms. The summed E-state index contributed by atoms with van der Waals surface area (Å²) in [5.41, 5.74) is 3.13. The number of hydrogen-bond acceptors (Lipinski definition) is 4. The van der Waals surface area contributed by atoms with Crippen LogP contribution in [0, 0.1) is 0 Å². The van der Waals surface area contributed by atoms with Crippen molar-refractivity contribution in [2.24, 2.45) is 0 Å². The van der Waals surface area contributed by atoms with Crippen LogP contribution in [0.15, 0.2) is 36.4 Å². The number of ether oxygens (including phenoxy) is 2. The van der Waals surface area contributed by atoms with Crippen molar-refractivity contribution in [2.45, 2.75) is 59.3 Å². The molecular formula is C24H30O5. The molecule has 0 saturated heterocycles. The predicted octanol–water partition coefficient (Wildman–Crippen LogP) is 6.18. The van der Waals surface area contributed by atoms with Crippen LogP contribution in [0.2, 0.25) is 0 Å². The molecule has 0 amide bonds. The Morgan fingerprint density at radius 3 is 1.97 bits per heavy atom. The summed E-state index contributed by atoms with van der Waals surface area (Å²) in [5, 5.41) is 9.23. The first kappa shape index (κ1) is 22.5. The van der Waals surface area contributed by atoms with Crippen LogP contribution in [0.5, 0.6) is 5.75 Å². The number of hydrogen-bond donors (Lipinski definition) is 1. The van der Waals surface area contributed by atoms with Crippen molar-refractivity contribution in [1.29, 1.82) is 0 Å². The molecule has 5 heteroatoms. The summed E-state index contributed by atoms with van der Waals surface area (Å²) in [6.07, 6.45) is -1.35. The minimum Gasteiger partial charge on any atom is -0.462 e. The van der Waals surface area contributed by atoms with Gasteiger partial charge < -0.3 is 14.6 Å². The molecule has 0 bridgehead atoms. The Hall–Kier alpha value is -2.82. The van der Waals surface area contributed by atoms with Crippen LogP contribution in [-0.2, 0) is 15.6 Å². The molecule has 0 aliphatic carbocycles. The van der Waals surface area contributed by atoms with Crippen molar-refractivity contribution in [3.05, 3.63) is 53.1 Å². The summed E-state index contributed by atoms with van der Waals surface area (Å²) in [6, 6.07) is 10.8. The summed E-state index contributed by atoms with van der Waals surface area (Å²) < 4.78 is 10.4. The van der Waals surface area contributed by atoms with Gasteiger partial charge in [-0.1, -0.05) is 65.8 Å². The zero-order valence-electron chi connectivity index (χ0n) is 18.3. The summed E-state index contributed by atoms with van der Waals surface area (Å²) in [6.45, 7) is 14.3. The molecule has 2 aromatic rings. The van der Waals surface area contributed by atoms with E-state index >= 15 is 0 Å². The number of benzene rings is 2. The van der Waals surface area contributed by atoms with Crippen LogP contribution in [0.3, 0.4) is 0 Å². The van der Waals surface area contributed by atoms with Crippen molar-refractivity contribution in [3.63, 3.8) is 0 Å². The van der Waals surface area contributed by atoms with E-state index in [0.717, 1.165) is 22.3 Å². The van der Waals surface area contributed by atoms with E-state index < -0.39 is 6.16 Å². The zero-order chi connectivity index (χ0) is 22.0. The van der Waals surface area contributed by atoms with Gasteiger partial charge in [0.1, 0.15) is 5.75 Å². The van der Waals surface area contributed by atoms with Gasteiger partial charge in [-0.15, -0.1) is 0 Å². The zero-order valence-corrected chi connectivity index (χ0v) is 18.3. The van der Waals surface area contributed by atoms with Gasteiger partial charge in [0, 0.05) is 5.56 Å². The van der Waals surface area contributed by atoms with Gasteiger partial charge in [0.15, 0.2) is 0 Å². The average Bonchev–Trinajstić information content (AvgIpc) is 2.59. The molecule has 0 fully saturated rings. The highest BCUT2D eigenvalue weighted by Crippen LogP contribution is 2.45. The molecule has 0 atom stereocenters. The number of esters is 1. The largest absolute Gasteiger partial charge is 0.511 e. The van der Waals surface area contributed by atoms with Crippen LogP contribution in [0.4, 0.5) is 4.79 Å². The molecule has 0 radical (unpaired) electrons. The molecule has 2 rings (SSSR count). The third-order valence-corrected chi connectivity index (χ3v) is 4.58. The molecule has 0 unspecified atom stereocenters. The van der Waals surface area contributed by atoms with Crippen LogP contribution in [-0.4, -0.2) is 23.8 Å². The van der Waals surface area contributed by atoms with Crippen molar-refractivity contribution < 1.29 is 24.2 Å². The van der Waals surface area contributed by atoms with Crippen molar-refractivity contribution in [2.75, 3.05) is 6.61 Å². The molecule has 156 valence electrons. The lowest BCUT2D eigenvalue weighted by molar-refractivity contribution is 0.0527. The van der Waals surface area contributed by atoms with Crippen LogP contribution >= 0.6 is 0 Å². The minimum atomic E-state index is -1.35. The monoisotopic (exact) mass is 398 g/mol. The minimum absolute atomic E-state index is 0.290. The van der Waals surface area contributed by atoms with Gasteiger partial charge in [-0.05, 0) is 46.6 Å². The summed E-state index contributed by atoms with van der Waals surface area (Å²) in [7, 11) is 0. The number of carbonyl (C=O) groups is 2. The lowest BCUT2D eigenvalue weighted by atomic mass is 9.71. The van der Waals surface area contributed by atoms with E-state index in [-0.39, 0.29) is 23.4 Å². The Labute approximate surface area is 172 Å². The third-order valence-electron chi connectivity index (χ3n) is 4.58. The first-order valence-electron chi connectivity index (χ1n) is 9.73. The van der Waals surface area contributed by atoms with Crippen LogP contribution < -0.4 is 4.74 Å². The van der Waals surface area contributed by atoms with Gasteiger partial charge >= 0.3 is 12.1 Å². The van der Waals surface area contributed by atoms with Gasteiger partial charge in [0.2, 0.25) is 0 Å². The lowest BCUT2D eigenvalue weighted by Crippen LogP contribution is -2.25. The topological polar surface area (TPSA) is 72.8 Å². The molecule has 0 aliphatic rings. The van der Waals surface area contributed by atoms with E-state index in [1.54, 1.807) is 25.1 Å². The molecule has 5 nitrogen and oxygen atoms in total.